The van der Waals surface area contributed by atoms with Gasteiger partial charge in [-0.15, -0.1) is 11.6 Å². The zero-order valence-electron chi connectivity index (χ0n) is 6.90. The molecule has 12 heavy (non-hydrogen) atoms. The lowest BCUT2D eigenvalue weighted by Gasteiger charge is -2.15. The van der Waals surface area contributed by atoms with Gasteiger partial charge in [0.15, 0.2) is 14.5 Å². The molecule has 5 heteroatoms. The number of aliphatic hydroxyl groups excluding tert-OH is 1. The molecule has 0 amide bonds. The van der Waals surface area contributed by atoms with Gasteiger partial charge in [-0.25, -0.2) is 8.42 Å². The average molecular weight is 213 g/mol. The summed E-state index contributed by atoms with van der Waals surface area (Å²) in [6.07, 6.45) is 0.907. The summed E-state index contributed by atoms with van der Waals surface area (Å²) in [6.45, 7) is 1.53. The van der Waals surface area contributed by atoms with E-state index in [2.05, 4.69) is 0 Å². The van der Waals surface area contributed by atoms with Crippen molar-refractivity contribution in [2.75, 3.05) is 5.75 Å². The van der Waals surface area contributed by atoms with Crippen LogP contribution in [0.25, 0.3) is 0 Å². The van der Waals surface area contributed by atoms with Crippen molar-refractivity contribution in [1.82, 2.24) is 0 Å². The maximum atomic E-state index is 11.2. The summed E-state index contributed by atoms with van der Waals surface area (Å²) in [5.41, 5.74) is 0. The van der Waals surface area contributed by atoms with E-state index in [-0.39, 0.29) is 11.7 Å². The van der Waals surface area contributed by atoms with Crippen LogP contribution in [0.15, 0.2) is 0 Å². The molecule has 0 aliphatic heterocycles. The standard InChI is InChI=1S/C7H13ClO3S/c1-2-12(10,11)7(8)6(9)5-3-4-5/h5-7,9H,2-4H2,1H3/t6-,7+/m0/s1. The molecule has 0 aromatic rings. The third kappa shape index (κ3) is 2.12. The maximum absolute atomic E-state index is 11.2. The monoisotopic (exact) mass is 212 g/mol. The zero-order valence-corrected chi connectivity index (χ0v) is 8.48. The highest BCUT2D eigenvalue weighted by molar-refractivity contribution is 7.93. The number of halogens is 1. The van der Waals surface area contributed by atoms with Crippen molar-refractivity contribution in [3.8, 4) is 0 Å². The average Bonchev–Trinajstić information content (AvgIpc) is 2.84. The van der Waals surface area contributed by atoms with E-state index < -0.39 is 20.7 Å². The van der Waals surface area contributed by atoms with E-state index in [9.17, 15) is 13.5 Å². The first-order valence-electron chi connectivity index (χ1n) is 4.02. The predicted molar refractivity (Wildman–Crippen MR) is 47.8 cm³/mol. The molecule has 0 unspecified atom stereocenters. The second-order valence-electron chi connectivity index (χ2n) is 3.13. The molecule has 0 aromatic carbocycles. The molecule has 1 fully saturated rings. The molecule has 0 spiro atoms. The fourth-order valence-corrected chi connectivity index (χ4v) is 2.57. The summed E-state index contributed by atoms with van der Waals surface area (Å²) in [5.74, 6) is 0.0964. The van der Waals surface area contributed by atoms with Crippen LogP contribution in [0, 0.1) is 5.92 Å². The van der Waals surface area contributed by atoms with Gasteiger partial charge >= 0.3 is 0 Å². The van der Waals surface area contributed by atoms with Crippen molar-refractivity contribution in [2.45, 2.75) is 30.6 Å². The number of hydrogen-bond acceptors (Lipinski definition) is 3. The van der Waals surface area contributed by atoms with Crippen LogP contribution in [0.3, 0.4) is 0 Å². The van der Waals surface area contributed by atoms with Gasteiger partial charge in [0.25, 0.3) is 0 Å². The van der Waals surface area contributed by atoms with E-state index in [4.69, 9.17) is 11.6 Å². The summed E-state index contributed by atoms with van der Waals surface area (Å²) in [7, 11) is -3.29. The van der Waals surface area contributed by atoms with Crippen molar-refractivity contribution in [1.29, 1.82) is 0 Å². The van der Waals surface area contributed by atoms with Crippen LogP contribution < -0.4 is 0 Å². The van der Waals surface area contributed by atoms with Gasteiger partial charge in [0.05, 0.1) is 6.10 Å². The van der Waals surface area contributed by atoms with E-state index in [1.807, 2.05) is 0 Å². The highest BCUT2D eigenvalue weighted by atomic mass is 35.5. The van der Waals surface area contributed by atoms with Gasteiger partial charge in [0.2, 0.25) is 0 Å². The number of rotatable bonds is 4. The largest absolute Gasteiger partial charge is 0.390 e. The second-order valence-corrected chi connectivity index (χ2v) is 6.27. The fourth-order valence-electron chi connectivity index (χ4n) is 1.02. The Morgan fingerprint density at radius 2 is 2.08 bits per heavy atom. The molecule has 0 aromatic heterocycles. The summed E-state index contributed by atoms with van der Waals surface area (Å²) < 4.78 is 21.2. The predicted octanol–water partition coefficient (Wildman–Crippen LogP) is 0.757. The van der Waals surface area contributed by atoms with Gasteiger partial charge in [0.1, 0.15) is 0 Å². The van der Waals surface area contributed by atoms with Gasteiger partial charge in [-0.05, 0) is 18.8 Å². The van der Waals surface area contributed by atoms with Gasteiger partial charge in [-0.1, -0.05) is 6.92 Å². The molecule has 1 rings (SSSR count). The van der Waals surface area contributed by atoms with Gasteiger partial charge in [-0.3, -0.25) is 0 Å². The summed E-state index contributed by atoms with van der Waals surface area (Å²) in [6, 6.07) is 0. The van der Waals surface area contributed by atoms with Gasteiger partial charge in [0, 0.05) is 5.75 Å². The van der Waals surface area contributed by atoms with E-state index >= 15 is 0 Å². The molecular weight excluding hydrogens is 200 g/mol. The molecule has 2 atom stereocenters. The molecule has 72 valence electrons. The lowest BCUT2D eigenvalue weighted by Crippen LogP contribution is -2.31. The third-order valence-corrected chi connectivity index (χ3v) is 4.96. The highest BCUT2D eigenvalue weighted by Crippen LogP contribution is 2.36. The fraction of sp³-hybridized carbons (Fsp3) is 1.00. The topological polar surface area (TPSA) is 54.4 Å². The molecular formula is C7H13ClO3S. The molecule has 3 nitrogen and oxygen atoms in total. The van der Waals surface area contributed by atoms with Crippen molar-refractivity contribution in [2.24, 2.45) is 5.92 Å². The quantitative estimate of drug-likeness (QED) is 0.700. The van der Waals surface area contributed by atoms with E-state index in [1.54, 1.807) is 0 Å². The molecule has 1 aliphatic rings. The Balaban J connectivity index is 2.62. The number of alkyl halides is 1. The summed E-state index contributed by atoms with van der Waals surface area (Å²) in [4.78, 5) is 0. The van der Waals surface area contributed by atoms with Crippen LogP contribution in [-0.2, 0) is 9.84 Å². The lowest BCUT2D eigenvalue weighted by molar-refractivity contribution is 0.164. The normalized spacial score (nSPS) is 23.6. The zero-order chi connectivity index (χ0) is 9.35. The minimum absolute atomic E-state index is 0.00898. The van der Waals surface area contributed by atoms with Crippen LogP contribution in [-0.4, -0.2) is 30.1 Å². The molecule has 0 saturated heterocycles. The van der Waals surface area contributed by atoms with Gasteiger partial charge in [-0.2, -0.15) is 0 Å². The van der Waals surface area contributed by atoms with Gasteiger partial charge < -0.3 is 5.11 Å². The minimum atomic E-state index is -3.29. The second kappa shape index (κ2) is 3.52. The summed E-state index contributed by atoms with van der Waals surface area (Å²) >= 11 is 5.62. The SMILES string of the molecule is CCS(=O)(=O)[C@@H](Cl)[C@@H](O)C1CC1. The van der Waals surface area contributed by atoms with Crippen LogP contribution >= 0.6 is 11.6 Å². The van der Waals surface area contributed by atoms with Crippen molar-refractivity contribution >= 4 is 21.4 Å². The van der Waals surface area contributed by atoms with E-state index in [0.29, 0.717) is 0 Å². The molecule has 0 heterocycles. The number of aliphatic hydroxyl groups is 1. The Bertz CT molecular complexity index is 245. The Labute approximate surface area is 77.6 Å². The van der Waals surface area contributed by atoms with Crippen molar-refractivity contribution in [3.63, 3.8) is 0 Å². The Kier molecular flexibility index (Phi) is 3.01. The van der Waals surface area contributed by atoms with E-state index in [0.717, 1.165) is 12.8 Å². The maximum Gasteiger partial charge on any atom is 0.169 e. The van der Waals surface area contributed by atoms with Crippen LogP contribution in [0.5, 0.6) is 0 Å². The first-order valence-corrected chi connectivity index (χ1v) is 6.18. The minimum Gasteiger partial charge on any atom is -0.390 e. The van der Waals surface area contributed by atoms with E-state index in [1.165, 1.54) is 6.92 Å². The van der Waals surface area contributed by atoms with Crippen LogP contribution in [0.1, 0.15) is 19.8 Å². The molecule has 1 saturated carbocycles. The highest BCUT2D eigenvalue weighted by Gasteiger charge is 2.39. The lowest BCUT2D eigenvalue weighted by atomic mass is 10.3. The van der Waals surface area contributed by atoms with Crippen molar-refractivity contribution in [3.05, 3.63) is 0 Å². The van der Waals surface area contributed by atoms with Crippen LogP contribution in [0.4, 0.5) is 0 Å². The van der Waals surface area contributed by atoms with Crippen LogP contribution in [0.2, 0.25) is 0 Å². The third-order valence-electron chi connectivity index (χ3n) is 2.12. The smallest absolute Gasteiger partial charge is 0.169 e. The molecule has 0 radical (unpaired) electrons. The Hall–Kier alpha value is 0.200. The molecule has 0 bridgehead atoms. The molecule has 1 aliphatic carbocycles. The number of hydrogen-bond donors (Lipinski definition) is 1. The summed E-state index contributed by atoms with van der Waals surface area (Å²) in [5, 5.41) is 9.41. The molecule has 1 N–H and O–H groups in total. The Morgan fingerprint density at radius 1 is 1.58 bits per heavy atom. The Morgan fingerprint density at radius 3 is 2.42 bits per heavy atom. The first-order chi connectivity index (χ1) is 5.49. The van der Waals surface area contributed by atoms with Crippen molar-refractivity contribution < 1.29 is 13.5 Å². The number of sulfone groups is 1. The first kappa shape index (κ1) is 10.3.